The normalized spacial score (nSPS) is 14.1. The highest BCUT2D eigenvalue weighted by Crippen LogP contribution is 2.19. The molecular weight excluding hydrogens is 216 g/mol. The molecule has 0 rings (SSSR count). The molecule has 0 aliphatic carbocycles. The Hall–Kier alpha value is -0.640. The van der Waals surface area contributed by atoms with Crippen molar-refractivity contribution in [1.29, 1.82) is 0 Å². The predicted octanol–water partition coefficient (Wildman–Crippen LogP) is 3.66. The minimum absolute atomic E-state index is 0.233. The minimum Gasteiger partial charge on any atom is -0.356 e. The quantitative estimate of drug-likeness (QED) is 0.332. The topological polar surface area (TPSA) is 27.7 Å². The maximum atomic E-state index is 5.66. The Morgan fingerprint density at radius 1 is 1.24 bits per heavy atom. The number of allylic oxidation sites excluding steroid dienone is 2. The second kappa shape index (κ2) is 9.40. The summed E-state index contributed by atoms with van der Waals surface area (Å²) in [6, 6.07) is 0. The second-order valence-corrected chi connectivity index (χ2v) is 4.41. The highest BCUT2D eigenvalue weighted by Gasteiger charge is 2.19. The summed E-state index contributed by atoms with van der Waals surface area (Å²) >= 11 is 0. The van der Waals surface area contributed by atoms with Crippen LogP contribution in [0, 0.1) is 0 Å². The van der Waals surface area contributed by atoms with Crippen molar-refractivity contribution >= 4 is 0 Å². The van der Waals surface area contributed by atoms with Gasteiger partial charge in [0.2, 0.25) is 0 Å². The van der Waals surface area contributed by atoms with Gasteiger partial charge in [-0.3, -0.25) is 0 Å². The molecule has 0 amide bonds. The number of ether oxygens (including phenoxy) is 3. The van der Waals surface area contributed by atoms with E-state index in [1.807, 2.05) is 19.9 Å². The van der Waals surface area contributed by atoms with Gasteiger partial charge in [0.25, 0.3) is 0 Å². The zero-order chi connectivity index (χ0) is 13.1. The molecule has 0 aromatic heterocycles. The molecule has 0 fully saturated rings. The van der Waals surface area contributed by atoms with Gasteiger partial charge in [0, 0.05) is 6.61 Å². The van der Waals surface area contributed by atoms with Gasteiger partial charge in [-0.05, 0) is 40.5 Å². The zero-order valence-electron chi connectivity index (χ0n) is 11.6. The first-order chi connectivity index (χ1) is 8.04. The highest BCUT2D eigenvalue weighted by atomic mass is 16.7. The van der Waals surface area contributed by atoms with Gasteiger partial charge in [-0.2, -0.15) is 0 Å². The Balaban J connectivity index is 3.85. The molecule has 3 heteroatoms. The van der Waals surface area contributed by atoms with Crippen LogP contribution >= 0.6 is 0 Å². The van der Waals surface area contributed by atoms with Crippen LogP contribution in [0.3, 0.4) is 0 Å². The largest absolute Gasteiger partial charge is 0.356 e. The fourth-order valence-corrected chi connectivity index (χ4v) is 1.23. The Labute approximate surface area is 105 Å². The van der Waals surface area contributed by atoms with Crippen molar-refractivity contribution in [3.8, 4) is 0 Å². The van der Waals surface area contributed by atoms with Crippen LogP contribution in [0.15, 0.2) is 24.3 Å². The fourth-order valence-electron chi connectivity index (χ4n) is 1.23. The number of rotatable bonds is 10. The lowest BCUT2D eigenvalue weighted by molar-refractivity contribution is -0.164. The van der Waals surface area contributed by atoms with Crippen LogP contribution in [0.25, 0.3) is 0 Å². The molecule has 0 bridgehead atoms. The fraction of sp³-hybridized carbons (Fsp3) is 0.714. The predicted molar refractivity (Wildman–Crippen MR) is 70.8 cm³/mol. The molecule has 0 aliphatic heterocycles. The van der Waals surface area contributed by atoms with Crippen LogP contribution in [-0.4, -0.2) is 25.8 Å². The van der Waals surface area contributed by atoms with Gasteiger partial charge in [-0.15, -0.1) is 6.58 Å². The maximum Gasteiger partial charge on any atom is 0.150 e. The van der Waals surface area contributed by atoms with Crippen LogP contribution in [0.4, 0.5) is 0 Å². The summed E-state index contributed by atoms with van der Waals surface area (Å²) in [5.74, 6) is 0. The van der Waals surface area contributed by atoms with E-state index in [0.29, 0.717) is 6.61 Å². The van der Waals surface area contributed by atoms with Crippen LogP contribution in [0.5, 0.6) is 0 Å². The molecule has 0 spiro atoms. The molecule has 1 unspecified atom stereocenters. The molecule has 100 valence electrons. The first-order valence-corrected chi connectivity index (χ1v) is 6.10. The SMILES string of the molecule is C=CC(C)(CCC=C(C)C)OCOCOCC. The van der Waals surface area contributed by atoms with Gasteiger partial charge in [-0.25, -0.2) is 0 Å². The van der Waals surface area contributed by atoms with E-state index >= 15 is 0 Å². The molecule has 0 aliphatic rings. The Kier molecular flexibility index (Phi) is 9.04. The van der Waals surface area contributed by atoms with Crippen molar-refractivity contribution in [2.75, 3.05) is 20.2 Å². The third-order valence-corrected chi connectivity index (χ3v) is 2.47. The van der Waals surface area contributed by atoms with E-state index in [-0.39, 0.29) is 19.2 Å². The third kappa shape index (κ3) is 9.10. The van der Waals surface area contributed by atoms with Crippen LogP contribution < -0.4 is 0 Å². The molecule has 0 saturated carbocycles. The Bertz CT molecular complexity index is 232. The molecule has 0 radical (unpaired) electrons. The Morgan fingerprint density at radius 2 is 1.94 bits per heavy atom. The van der Waals surface area contributed by atoms with Crippen molar-refractivity contribution < 1.29 is 14.2 Å². The molecule has 0 aromatic rings. The first kappa shape index (κ1) is 16.4. The summed E-state index contributed by atoms with van der Waals surface area (Å²) in [5.41, 5.74) is 0.988. The maximum absolute atomic E-state index is 5.66. The molecule has 0 aromatic carbocycles. The minimum atomic E-state index is -0.335. The summed E-state index contributed by atoms with van der Waals surface area (Å²) in [5, 5.41) is 0. The summed E-state index contributed by atoms with van der Waals surface area (Å²) in [6.45, 7) is 13.1. The number of hydrogen-bond donors (Lipinski definition) is 0. The smallest absolute Gasteiger partial charge is 0.150 e. The van der Waals surface area contributed by atoms with Crippen molar-refractivity contribution in [3.63, 3.8) is 0 Å². The van der Waals surface area contributed by atoms with E-state index < -0.39 is 0 Å². The van der Waals surface area contributed by atoms with E-state index in [0.717, 1.165) is 12.8 Å². The van der Waals surface area contributed by atoms with E-state index in [4.69, 9.17) is 14.2 Å². The van der Waals surface area contributed by atoms with Gasteiger partial charge >= 0.3 is 0 Å². The van der Waals surface area contributed by atoms with Crippen LogP contribution in [0.2, 0.25) is 0 Å². The lowest BCUT2D eigenvalue weighted by Crippen LogP contribution is -2.27. The molecule has 3 nitrogen and oxygen atoms in total. The van der Waals surface area contributed by atoms with Crippen LogP contribution in [0.1, 0.15) is 40.5 Å². The average molecular weight is 242 g/mol. The average Bonchev–Trinajstić information content (AvgIpc) is 2.28. The van der Waals surface area contributed by atoms with Crippen molar-refractivity contribution in [2.45, 2.75) is 46.1 Å². The van der Waals surface area contributed by atoms with E-state index in [9.17, 15) is 0 Å². The zero-order valence-corrected chi connectivity index (χ0v) is 11.6. The summed E-state index contributed by atoms with van der Waals surface area (Å²) in [6.07, 6.45) is 5.91. The summed E-state index contributed by atoms with van der Waals surface area (Å²) in [4.78, 5) is 0. The van der Waals surface area contributed by atoms with E-state index in [2.05, 4.69) is 26.5 Å². The third-order valence-electron chi connectivity index (χ3n) is 2.47. The molecule has 0 heterocycles. The van der Waals surface area contributed by atoms with Gasteiger partial charge in [-0.1, -0.05) is 17.7 Å². The van der Waals surface area contributed by atoms with E-state index in [1.165, 1.54) is 5.57 Å². The van der Waals surface area contributed by atoms with Gasteiger partial charge < -0.3 is 14.2 Å². The Morgan fingerprint density at radius 3 is 2.47 bits per heavy atom. The standard InChI is InChI=1S/C14H26O3/c1-6-14(5,10-8-9-13(3)4)17-12-16-11-15-7-2/h6,9H,1,7-8,10-12H2,2-5H3. The lowest BCUT2D eigenvalue weighted by atomic mass is 9.99. The summed E-state index contributed by atoms with van der Waals surface area (Å²) < 4.78 is 15.9. The molecule has 1 atom stereocenters. The molecule has 0 saturated heterocycles. The van der Waals surface area contributed by atoms with Gasteiger partial charge in [0.1, 0.15) is 6.79 Å². The number of hydrogen-bond acceptors (Lipinski definition) is 3. The van der Waals surface area contributed by atoms with Crippen molar-refractivity contribution in [2.24, 2.45) is 0 Å². The van der Waals surface area contributed by atoms with Crippen LogP contribution in [-0.2, 0) is 14.2 Å². The van der Waals surface area contributed by atoms with E-state index in [1.54, 1.807) is 0 Å². The molecular formula is C14H26O3. The van der Waals surface area contributed by atoms with Gasteiger partial charge in [0.05, 0.1) is 5.60 Å². The molecule has 0 N–H and O–H groups in total. The van der Waals surface area contributed by atoms with Crippen molar-refractivity contribution in [3.05, 3.63) is 24.3 Å². The monoisotopic (exact) mass is 242 g/mol. The summed E-state index contributed by atoms with van der Waals surface area (Å²) in [7, 11) is 0. The lowest BCUT2D eigenvalue weighted by Gasteiger charge is -2.25. The molecule has 17 heavy (non-hydrogen) atoms. The first-order valence-electron chi connectivity index (χ1n) is 6.10. The van der Waals surface area contributed by atoms with Crippen molar-refractivity contribution in [1.82, 2.24) is 0 Å². The highest BCUT2D eigenvalue weighted by molar-refractivity contribution is 4.98. The second-order valence-electron chi connectivity index (χ2n) is 4.41. The van der Waals surface area contributed by atoms with Gasteiger partial charge in [0.15, 0.2) is 6.79 Å².